The van der Waals surface area contributed by atoms with Crippen molar-refractivity contribution < 1.29 is 4.74 Å². The minimum Gasteiger partial charge on any atom is -0.497 e. The summed E-state index contributed by atoms with van der Waals surface area (Å²) in [6.45, 7) is 1.16. The lowest BCUT2D eigenvalue weighted by atomic mass is 9.80. The van der Waals surface area contributed by atoms with Gasteiger partial charge in [0.25, 0.3) is 0 Å². The highest BCUT2D eigenvalue weighted by Gasteiger charge is 2.45. The van der Waals surface area contributed by atoms with Gasteiger partial charge in [-0.2, -0.15) is 0 Å². The molecule has 1 N–H and O–H groups in total. The van der Waals surface area contributed by atoms with Crippen molar-refractivity contribution in [3.8, 4) is 5.75 Å². The maximum atomic E-state index is 5.19. The van der Waals surface area contributed by atoms with E-state index in [2.05, 4.69) is 29.6 Å². The van der Waals surface area contributed by atoms with Crippen LogP contribution < -0.4 is 10.1 Å². The van der Waals surface area contributed by atoms with E-state index < -0.39 is 0 Å². The van der Waals surface area contributed by atoms with Crippen LogP contribution in [0.2, 0.25) is 0 Å². The third kappa shape index (κ3) is 1.36. The summed E-state index contributed by atoms with van der Waals surface area (Å²) < 4.78 is 5.19. The maximum absolute atomic E-state index is 5.19. The molecule has 1 aliphatic carbocycles. The Labute approximate surface area is 90.6 Å². The monoisotopic (exact) mass is 203 g/mol. The number of fused-ring (bicyclic) bond motifs is 2. The summed E-state index contributed by atoms with van der Waals surface area (Å²) in [6, 6.07) is 9.39. The molecule has 1 aromatic rings. The van der Waals surface area contributed by atoms with Crippen molar-refractivity contribution in [2.45, 2.75) is 30.7 Å². The van der Waals surface area contributed by atoms with Gasteiger partial charge >= 0.3 is 0 Å². The normalized spacial score (nSPS) is 33.3. The summed E-state index contributed by atoms with van der Waals surface area (Å²) in [5, 5.41) is 3.59. The van der Waals surface area contributed by atoms with Gasteiger partial charge in [-0.15, -0.1) is 0 Å². The van der Waals surface area contributed by atoms with Gasteiger partial charge in [-0.1, -0.05) is 12.1 Å². The Balaban J connectivity index is 1.92. The smallest absolute Gasteiger partial charge is 0.118 e. The van der Waals surface area contributed by atoms with Gasteiger partial charge in [0.05, 0.1) is 7.11 Å². The Morgan fingerprint density at radius 2 is 2.13 bits per heavy atom. The van der Waals surface area contributed by atoms with E-state index >= 15 is 0 Å². The summed E-state index contributed by atoms with van der Waals surface area (Å²) in [5.74, 6) is 0.954. The van der Waals surface area contributed by atoms with Crippen molar-refractivity contribution in [2.24, 2.45) is 0 Å². The SMILES string of the molecule is COc1ccc(C23CCC(C2)NC3)cc1. The Morgan fingerprint density at radius 1 is 1.33 bits per heavy atom. The molecule has 1 aliphatic heterocycles. The molecule has 2 aliphatic rings. The van der Waals surface area contributed by atoms with Gasteiger partial charge in [0.15, 0.2) is 0 Å². The number of methoxy groups -OCH3 is 1. The van der Waals surface area contributed by atoms with Crippen molar-refractivity contribution in [1.82, 2.24) is 5.32 Å². The average molecular weight is 203 g/mol. The molecular formula is C13H17NO. The van der Waals surface area contributed by atoms with Gasteiger partial charge in [0, 0.05) is 18.0 Å². The second kappa shape index (κ2) is 3.24. The molecule has 1 saturated carbocycles. The summed E-state index contributed by atoms with van der Waals surface area (Å²) in [7, 11) is 1.72. The van der Waals surface area contributed by atoms with Gasteiger partial charge in [-0.05, 0) is 37.0 Å². The Morgan fingerprint density at radius 3 is 2.60 bits per heavy atom. The van der Waals surface area contributed by atoms with Crippen molar-refractivity contribution in [2.75, 3.05) is 13.7 Å². The molecule has 0 spiro atoms. The lowest BCUT2D eigenvalue weighted by molar-refractivity contribution is 0.412. The topological polar surface area (TPSA) is 21.3 Å². The molecule has 2 nitrogen and oxygen atoms in total. The van der Waals surface area contributed by atoms with Gasteiger partial charge < -0.3 is 10.1 Å². The largest absolute Gasteiger partial charge is 0.497 e. The number of piperidine rings is 1. The maximum Gasteiger partial charge on any atom is 0.118 e. The molecule has 80 valence electrons. The molecule has 1 saturated heterocycles. The minimum atomic E-state index is 0.428. The van der Waals surface area contributed by atoms with Crippen LogP contribution in [0.1, 0.15) is 24.8 Å². The number of nitrogens with one attached hydrogen (secondary N) is 1. The van der Waals surface area contributed by atoms with Gasteiger partial charge in [0.1, 0.15) is 5.75 Å². The van der Waals surface area contributed by atoms with Crippen molar-refractivity contribution in [1.29, 1.82) is 0 Å². The summed E-state index contributed by atoms with van der Waals surface area (Å²) in [4.78, 5) is 0. The molecule has 3 rings (SSSR count). The van der Waals surface area contributed by atoms with Crippen molar-refractivity contribution in [3.63, 3.8) is 0 Å². The fraction of sp³-hybridized carbons (Fsp3) is 0.538. The molecule has 0 radical (unpaired) electrons. The predicted octanol–water partition coefficient (Wildman–Crippen LogP) is 2.09. The van der Waals surface area contributed by atoms with Crippen molar-refractivity contribution in [3.05, 3.63) is 29.8 Å². The Kier molecular flexibility index (Phi) is 1.99. The van der Waals surface area contributed by atoms with Crippen LogP contribution in [-0.4, -0.2) is 19.7 Å². The first-order valence-electron chi connectivity index (χ1n) is 5.70. The Bertz CT molecular complexity index is 349. The molecule has 2 heteroatoms. The first-order chi connectivity index (χ1) is 7.32. The van der Waals surface area contributed by atoms with E-state index in [9.17, 15) is 0 Å². The van der Waals surface area contributed by atoms with E-state index in [4.69, 9.17) is 4.74 Å². The van der Waals surface area contributed by atoms with Gasteiger partial charge in [-0.25, -0.2) is 0 Å². The molecule has 0 amide bonds. The number of ether oxygens (including phenoxy) is 1. The zero-order valence-electron chi connectivity index (χ0n) is 9.12. The second-order valence-corrected chi connectivity index (χ2v) is 4.83. The highest BCUT2D eigenvalue weighted by molar-refractivity contribution is 5.35. The molecule has 15 heavy (non-hydrogen) atoms. The molecule has 1 heterocycles. The number of rotatable bonds is 2. The molecule has 2 unspecified atom stereocenters. The highest BCUT2D eigenvalue weighted by Crippen LogP contribution is 2.45. The van der Waals surface area contributed by atoms with Crippen LogP contribution in [0.4, 0.5) is 0 Å². The molecule has 1 aromatic carbocycles. The number of hydrogen-bond acceptors (Lipinski definition) is 2. The summed E-state index contributed by atoms with van der Waals surface area (Å²) in [5.41, 5.74) is 1.91. The van der Waals surface area contributed by atoms with Crippen LogP contribution in [0.3, 0.4) is 0 Å². The summed E-state index contributed by atoms with van der Waals surface area (Å²) >= 11 is 0. The average Bonchev–Trinajstić information content (AvgIpc) is 2.90. The van der Waals surface area contributed by atoms with Gasteiger partial charge in [0.2, 0.25) is 0 Å². The van der Waals surface area contributed by atoms with E-state index in [1.54, 1.807) is 7.11 Å². The molecule has 0 aromatic heterocycles. The first-order valence-corrected chi connectivity index (χ1v) is 5.70. The highest BCUT2D eigenvalue weighted by atomic mass is 16.5. The van der Waals surface area contributed by atoms with Crippen LogP contribution in [-0.2, 0) is 5.41 Å². The van der Waals surface area contributed by atoms with Crippen LogP contribution >= 0.6 is 0 Å². The van der Waals surface area contributed by atoms with E-state index in [-0.39, 0.29) is 0 Å². The van der Waals surface area contributed by atoms with Crippen LogP contribution in [0.15, 0.2) is 24.3 Å². The lowest BCUT2D eigenvalue weighted by Gasteiger charge is -2.27. The molecule has 2 bridgehead atoms. The third-order valence-corrected chi connectivity index (χ3v) is 4.04. The molecule has 2 atom stereocenters. The standard InChI is InChI=1S/C13H17NO/c1-15-12-4-2-10(3-5-12)13-7-6-11(8-13)14-9-13/h2-5,11,14H,6-9H2,1H3. The first kappa shape index (κ1) is 9.22. The number of benzene rings is 1. The van der Waals surface area contributed by atoms with Gasteiger partial charge in [-0.3, -0.25) is 0 Å². The molecule has 2 fully saturated rings. The fourth-order valence-electron chi connectivity index (χ4n) is 3.11. The van der Waals surface area contributed by atoms with Crippen molar-refractivity contribution >= 4 is 0 Å². The van der Waals surface area contributed by atoms with E-state index in [0.29, 0.717) is 5.41 Å². The van der Waals surface area contributed by atoms with Crippen LogP contribution in [0.25, 0.3) is 0 Å². The number of hydrogen-bond donors (Lipinski definition) is 1. The van der Waals surface area contributed by atoms with Crippen LogP contribution in [0.5, 0.6) is 5.75 Å². The Hall–Kier alpha value is -1.02. The predicted molar refractivity (Wildman–Crippen MR) is 60.3 cm³/mol. The fourth-order valence-corrected chi connectivity index (χ4v) is 3.11. The van der Waals surface area contributed by atoms with E-state index in [0.717, 1.165) is 18.3 Å². The summed E-state index contributed by atoms with van der Waals surface area (Å²) in [6.07, 6.45) is 4.00. The quantitative estimate of drug-likeness (QED) is 0.794. The third-order valence-electron chi connectivity index (χ3n) is 4.04. The minimum absolute atomic E-state index is 0.428. The lowest BCUT2D eigenvalue weighted by Crippen LogP contribution is -2.32. The van der Waals surface area contributed by atoms with E-state index in [1.807, 2.05) is 0 Å². The zero-order chi connectivity index (χ0) is 10.3. The molecular weight excluding hydrogens is 186 g/mol. The second-order valence-electron chi connectivity index (χ2n) is 4.83. The zero-order valence-corrected chi connectivity index (χ0v) is 9.12. The van der Waals surface area contributed by atoms with Crippen LogP contribution in [0, 0.1) is 0 Å². The van der Waals surface area contributed by atoms with E-state index in [1.165, 1.54) is 24.8 Å².